The highest BCUT2D eigenvalue weighted by molar-refractivity contribution is 7.51. The van der Waals surface area contributed by atoms with Gasteiger partial charge in [-0.2, -0.15) is 0 Å². The molecule has 0 nitrogen and oxygen atoms in total. The van der Waals surface area contributed by atoms with Gasteiger partial charge >= 0.3 is 0 Å². The van der Waals surface area contributed by atoms with E-state index >= 15 is 0 Å². The first kappa shape index (κ1) is 21.7. The van der Waals surface area contributed by atoms with Crippen LogP contribution in [0.4, 0.5) is 0 Å². The van der Waals surface area contributed by atoms with Gasteiger partial charge < -0.3 is 0 Å². The quantitative estimate of drug-likeness (QED) is 0.121. The van der Waals surface area contributed by atoms with Crippen LogP contribution < -0.4 is 0 Å². The maximum Gasteiger partial charge on any atom is 0.209 e. The molecular formula is C18H4Cl9S+. The first-order chi connectivity index (χ1) is 13.2. The summed E-state index contributed by atoms with van der Waals surface area (Å²) in [6, 6.07) is 7.26. The van der Waals surface area contributed by atoms with Crippen LogP contribution in [-0.2, 0) is 0 Å². The van der Waals surface area contributed by atoms with Gasteiger partial charge in [-0.3, -0.25) is 0 Å². The Balaban J connectivity index is 2.41. The standard InChI is InChI=1S/C18H4Cl9S/c19-5-1-3-6(4-2-5)28-17-7(9(20)11(22)13(24)15(17)26)8-10(21)12(23)14(25)16(27)18(8)28/h1-4H/q+1. The van der Waals surface area contributed by atoms with Crippen LogP contribution in [0.1, 0.15) is 0 Å². The van der Waals surface area contributed by atoms with Crippen LogP contribution in [-0.4, -0.2) is 0 Å². The summed E-state index contributed by atoms with van der Waals surface area (Å²) in [5.41, 5.74) is 0. The summed E-state index contributed by atoms with van der Waals surface area (Å²) in [6.07, 6.45) is 0. The Bertz CT molecular complexity index is 1210. The van der Waals surface area contributed by atoms with Crippen LogP contribution in [0.3, 0.4) is 0 Å². The molecule has 0 saturated carbocycles. The Morgan fingerprint density at radius 2 is 0.786 bits per heavy atom. The second-order valence-corrected chi connectivity index (χ2v) is 11.0. The molecule has 1 heterocycles. The predicted molar refractivity (Wildman–Crippen MR) is 130 cm³/mol. The van der Waals surface area contributed by atoms with Crippen molar-refractivity contribution in [2.45, 2.75) is 0 Å². The monoisotopic (exact) mass is 567 g/mol. The minimum atomic E-state index is -0.807. The highest BCUT2D eigenvalue weighted by Gasteiger charge is 2.36. The number of thiophene rings is 1. The summed E-state index contributed by atoms with van der Waals surface area (Å²) >= 11 is 57.8. The molecule has 0 saturated heterocycles. The molecular weight excluding hydrogens is 567 g/mol. The fourth-order valence-corrected chi connectivity index (χ4v) is 8.13. The zero-order valence-electron chi connectivity index (χ0n) is 13.1. The summed E-state index contributed by atoms with van der Waals surface area (Å²) in [4.78, 5) is 0.872. The summed E-state index contributed by atoms with van der Waals surface area (Å²) in [7, 11) is -0.807. The van der Waals surface area contributed by atoms with Crippen molar-refractivity contribution in [3.05, 3.63) is 69.5 Å². The third kappa shape index (κ3) is 3.10. The number of hydrogen-bond acceptors (Lipinski definition) is 0. The lowest BCUT2D eigenvalue weighted by atomic mass is 10.1. The topological polar surface area (TPSA) is 0 Å². The summed E-state index contributed by atoms with van der Waals surface area (Å²) in [6.45, 7) is 0. The molecule has 10 heteroatoms. The van der Waals surface area contributed by atoms with Crippen LogP contribution in [0, 0.1) is 0 Å². The zero-order valence-corrected chi connectivity index (χ0v) is 20.7. The van der Waals surface area contributed by atoms with Gasteiger partial charge in [0.05, 0.1) is 40.9 Å². The molecule has 0 aliphatic carbocycles. The van der Waals surface area contributed by atoms with Gasteiger partial charge in [-0.15, -0.1) is 0 Å². The molecule has 0 bridgehead atoms. The van der Waals surface area contributed by atoms with E-state index < -0.39 is 10.5 Å². The average molecular weight is 571 g/mol. The van der Waals surface area contributed by atoms with E-state index in [1.807, 2.05) is 12.1 Å². The average Bonchev–Trinajstić information content (AvgIpc) is 3.04. The Kier molecular flexibility index (Phi) is 6.11. The fourth-order valence-electron chi connectivity index (χ4n) is 2.96. The van der Waals surface area contributed by atoms with Gasteiger partial charge in [-0.05, 0) is 24.3 Å². The van der Waals surface area contributed by atoms with E-state index in [9.17, 15) is 0 Å². The molecule has 4 rings (SSSR count). The highest BCUT2D eigenvalue weighted by Crippen LogP contribution is 2.61. The predicted octanol–water partition coefficient (Wildman–Crippen LogP) is 11.6. The van der Waals surface area contributed by atoms with E-state index in [1.165, 1.54) is 0 Å². The molecule has 0 amide bonds. The maximum atomic E-state index is 6.62. The fraction of sp³-hybridized carbons (Fsp3) is 0. The lowest BCUT2D eigenvalue weighted by Gasteiger charge is -2.04. The third-order valence-electron chi connectivity index (χ3n) is 4.16. The van der Waals surface area contributed by atoms with Crippen LogP contribution >= 0.6 is 115 Å². The molecule has 0 radical (unpaired) electrons. The number of hydrogen-bond donors (Lipinski definition) is 0. The van der Waals surface area contributed by atoms with Crippen LogP contribution in [0.5, 0.6) is 0 Å². The molecule has 0 spiro atoms. The van der Waals surface area contributed by atoms with Crippen molar-refractivity contribution in [3.63, 3.8) is 0 Å². The molecule has 0 atom stereocenters. The molecule has 3 aromatic carbocycles. The number of fused-ring (bicyclic) bond motifs is 3. The van der Waals surface area contributed by atoms with Crippen molar-refractivity contribution in [1.82, 2.24) is 0 Å². The van der Waals surface area contributed by atoms with Gasteiger partial charge in [-0.1, -0.05) is 104 Å². The van der Waals surface area contributed by atoms with Crippen molar-refractivity contribution in [2.75, 3.05) is 0 Å². The van der Waals surface area contributed by atoms with Crippen molar-refractivity contribution in [2.24, 2.45) is 0 Å². The van der Waals surface area contributed by atoms with E-state index in [1.54, 1.807) is 12.1 Å². The zero-order chi connectivity index (χ0) is 20.5. The minimum Gasteiger partial charge on any atom is -0.0843 e. The Hall–Kier alpha value is 0.490. The Morgan fingerprint density at radius 3 is 1.18 bits per heavy atom. The van der Waals surface area contributed by atoms with Crippen molar-refractivity contribution in [1.29, 1.82) is 0 Å². The summed E-state index contributed by atoms with van der Waals surface area (Å²) in [5.74, 6) is 0. The van der Waals surface area contributed by atoms with E-state index in [2.05, 4.69) is 0 Å². The van der Waals surface area contributed by atoms with Crippen molar-refractivity contribution in [3.8, 4) is 4.90 Å². The van der Waals surface area contributed by atoms with Crippen LogP contribution in [0.2, 0.25) is 45.2 Å². The largest absolute Gasteiger partial charge is 0.209 e. The molecule has 144 valence electrons. The summed E-state index contributed by atoms with van der Waals surface area (Å²) in [5, 5.41) is 3.17. The first-order valence-electron chi connectivity index (χ1n) is 7.38. The molecule has 28 heavy (non-hydrogen) atoms. The van der Waals surface area contributed by atoms with Crippen molar-refractivity contribution < 1.29 is 0 Å². The number of halogens is 9. The third-order valence-corrected chi connectivity index (χ3v) is 10.6. The highest BCUT2D eigenvalue weighted by atomic mass is 35.5. The lowest BCUT2D eigenvalue weighted by molar-refractivity contribution is 1.75. The van der Waals surface area contributed by atoms with E-state index in [-0.39, 0.29) is 40.2 Å². The second kappa shape index (κ2) is 7.88. The normalized spacial score (nSPS) is 11.8. The van der Waals surface area contributed by atoms with Crippen LogP contribution in [0.15, 0.2) is 24.3 Å². The summed E-state index contributed by atoms with van der Waals surface area (Å²) < 4.78 is 1.31. The minimum absolute atomic E-state index is 0.123. The Labute approximate surface area is 207 Å². The Morgan fingerprint density at radius 1 is 0.429 bits per heavy atom. The number of rotatable bonds is 1. The van der Waals surface area contributed by atoms with Gasteiger partial charge in [0.25, 0.3) is 0 Å². The second-order valence-electron chi connectivity index (χ2n) is 5.68. The SMILES string of the molecule is Clc1ccc(-[s+]2c3c(Cl)c(Cl)c(Cl)c(Cl)c3c3c(Cl)c(Cl)c(Cl)c(Cl)c32)cc1. The lowest BCUT2D eigenvalue weighted by Crippen LogP contribution is -1.80. The van der Waals surface area contributed by atoms with Gasteiger partial charge in [0, 0.05) is 15.5 Å². The van der Waals surface area contributed by atoms with Gasteiger partial charge in [-0.25, -0.2) is 0 Å². The van der Waals surface area contributed by atoms with Gasteiger partial charge in [0.1, 0.15) is 10.0 Å². The molecule has 0 N–H and O–H groups in total. The molecule has 0 fully saturated rings. The van der Waals surface area contributed by atoms with Gasteiger partial charge in [0.15, 0.2) is 4.90 Å². The number of benzene rings is 3. The molecule has 0 unspecified atom stereocenters. The molecule has 1 aromatic heterocycles. The van der Waals surface area contributed by atoms with Crippen molar-refractivity contribution >= 4 is 135 Å². The smallest absolute Gasteiger partial charge is 0.0843 e. The molecule has 4 aromatic rings. The first-order valence-corrected chi connectivity index (χ1v) is 12.0. The van der Waals surface area contributed by atoms with Crippen LogP contribution in [0.25, 0.3) is 25.1 Å². The van der Waals surface area contributed by atoms with E-state index in [4.69, 9.17) is 104 Å². The maximum absolute atomic E-state index is 6.62. The molecule has 0 aliphatic rings. The van der Waals surface area contributed by atoms with E-state index in [0.717, 1.165) is 4.90 Å². The van der Waals surface area contributed by atoms with E-state index in [0.29, 0.717) is 25.2 Å². The molecule has 0 aliphatic heterocycles. The van der Waals surface area contributed by atoms with Gasteiger partial charge in [0.2, 0.25) is 9.40 Å².